The van der Waals surface area contributed by atoms with Crippen molar-refractivity contribution in [2.45, 2.75) is 33.9 Å². The van der Waals surface area contributed by atoms with Crippen molar-refractivity contribution < 1.29 is 17.7 Å². The Morgan fingerprint density at radius 2 is 1.31 bits per heavy atom. The van der Waals surface area contributed by atoms with Crippen molar-refractivity contribution in [3.8, 4) is 16.8 Å². The molecule has 1 aromatic heterocycles. The standard InChI is InChI=1S/C22H21F3N/c1-14-5-10-21(15(2)11-14)18-12-16(3)26(17(4)13-18)20-8-6-19(7-9-20)22(23,24)25/h5-13H,1-4H3/q+1. The molecular formula is C22H21F3N+. The SMILES string of the molecule is Cc1ccc(-c2cc(C)[n+](-c3ccc(C(F)(F)F)cc3)c(C)c2)c(C)c1. The number of aromatic nitrogens is 1. The van der Waals surface area contributed by atoms with Gasteiger partial charge in [0.2, 0.25) is 5.69 Å². The minimum Gasteiger partial charge on any atom is -0.166 e. The molecule has 0 aliphatic rings. The molecule has 3 aromatic rings. The number of alkyl halides is 3. The summed E-state index contributed by atoms with van der Waals surface area (Å²) in [4.78, 5) is 0. The number of nitrogens with zero attached hydrogens (tertiary/aromatic N) is 1. The fourth-order valence-corrected chi connectivity index (χ4v) is 3.40. The molecule has 0 atom stereocenters. The lowest BCUT2D eigenvalue weighted by Gasteiger charge is -2.11. The summed E-state index contributed by atoms with van der Waals surface area (Å²) in [7, 11) is 0. The first-order valence-electron chi connectivity index (χ1n) is 8.45. The molecule has 0 radical (unpaired) electrons. The Kier molecular flexibility index (Phi) is 4.61. The Balaban J connectivity index is 2.05. The molecular weight excluding hydrogens is 335 g/mol. The summed E-state index contributed by atoms with van der Waals surface area (Å²) in [5, 5.41) is 0. The number of hydrogen-bond acceptors (Lipinski definition) is 0. The van der Waals surface area contributed by atoms with Gasteiger partial charge < -0.3 is 0 Å². The molecule has 26 heavy (non-hydrogen) atoms. The highest BCUT2D eigenvalue weighted by molar-refractivity contribution is 5.67. The van der Waals surface area contributed by atoms with Crippen LogP contribution in [0.1, 0.15) is 28.1 Å². The van der Waals surface area contributed by atoms with Gasteiger partial charge in [0, 0.05) is 38.1 Å². The summed E-state index contributed by atoms with van der Waals surface area (Å²) in [6, 6.07) is 15.8. The quantitative estimate of drug-likeness (QED) is 0.505. The van der Waals surface area contributed by atoms with Crippen LogP contribution in [0.2, 0.25) is 0 Å². The van der Waals surface area contributed by atoms with Gasteiger partial charge in [-0.3, -0.25) is 0 Å². The summed E-state index contributed by atoms with van der Waals surface area (Å²) in [5.74, 6) is 0. The molecule has 0 fully saturated rings. The van der Waals surface area contributed by atoms with Crippen LogP contribution in [-0.2, 0) is 6.18 Å². The number of aryl methyl sites for hydroxylation is 4. The van der Waals surface area contributed by atoms with Gasteiger partial charge in [-0.25, -0.2) is 0 Å². The summed E-state index contributed by atoms with van der Waals surface area (Å²) in [6.07, 6.45) is -4.32. The third-order valence-electron chi connectivity index (χ3n) is 4.58. The number of hydrogen-bond donors (Lipinski definition) is 0. The Bertz CT molecular complexity index is 931. The smallest absolute Gasteiger partial charge is 0.166 e. The maximum Gasteiger partial charge on any atom is 0.416 e. The lowest BCUT2D eigenvalue weighted by atomic mass is 9.98. The molecule has 1 nitrogen and oxygen atoms in total. The average Bonchev–Trinajstić information content (AvgIpc) is 2.53. The predicted octanol–water partition coefficient (Wildman–Crippen LogP) is 5.88. The Morgan fingerprint density at radius 1 is 0.731 bits per heavy atom. The highest BCUT2D eigenvalue weighted by Crippen LogP contribution is 2.29. The largest absolute Gasteiger partial charge is 0.416 e. The lowest BCUT2D eigenvalue weighted by Crippen LogP contribution is -2.37. The van der Waals surface area contributed by atoms with E-state index in [0.717, 1.165) is 34.8 Å². The molecule has 4 heteroatoms. The van der Waals surface area contributed by atoms with E-state index in [0.29, 0.717) is 0 Å². The molecule has 0 aliphatic heterocycles. The van der Waals surface area contributed by atoms with Crippen LogP contribution in [0.15, 0.2) is 54.6 Å². The Labute approximate surface area is 151 Å². The maximum absolute atomic E-state index is 12.8. The lowest BCUT2D eigenvalue weighted by molar-refractivity contribution is -0.609. The number of rotatable bonds is 2. The van der Waals surface area contributed by atoms with Crippen molar-refractivity contribution >= 4 is 0 Å². The van der Waals surface area contributed by atoms with E-state index in [1.165, 1.54) is 28.8 Å². The zero-order valence-corrected chi connectivity index (χ0v) is 15.3. The second-order valence-corrected chi connectivity index (χ2v) is 6.73. The molecule has 0 aliphatic carbocycles. The van der Waals surface area contributed by atoms with Crippen LogP contribution in [0, 0.1) is 27.7 Å². The van der Waals surface area contributed by atoms with Crippen LogP contribution in [0.25, 0.3) is 16.8 Å². The number of benzene rings is 2. The molecule has 0 saturated carbocycles. The van der Waals surface area contributed by atoms with Gasteiger partial charge in [0.25, 0.3) is 0 Å². The van der Waals surface area contributed by atoms with Gasteiger partial charge in [-0.05, 0) is 42.7 Å². The van der Waals surface area contributed by atoms with Crippen LogP contribution < -0.4 is 4.57 Å². The number of pyridine rings is 1. The van der Waals surface area contributed by atoms with Crippen molar-refractivity contribution in [1.82, 2.24) is 0 Å². The van der Waals surface area contributed by atoms with E-state index in [1.54, 1.807) is 0 Å². The van der Waals surface area contributed by atoms with Crippen LogP contribution in [-0.4, -0.2) is 0 Å². The predicted molar refractivity (Wildman–Crippen MR) is 97.4 cm³/mol. The molecule has 1 heterocycles. The van der Waals surface area contributed by atoms with E-state index in [2.05, 4.69) is 44.2 Å². The highest BCUT2D eigenvalue weighted by atomic mass is 19.4. The summed E-state index contributed by atoms with van der Waals surface area (Å²) < 4.78 is 40.3. The number of halogens is 3. The maximum atomic E-state index is 12.8. The van der Waals surface area contributed by atoms with Gasteiger partial charge >= 0.3 is 6.18 Å². The van der Waals surface area contributed by atoms with Crippen molar-refractivity contribution in [2.24, 2.45) is 0 Å². The summed E-state index contributed by atoms with van der Waals surface area (Å²) >= 11 is 0. The van der Waals surface area contributed by atoms with Crippen LogP contribution in [0.3, 0.4) is 0 Å². The van der Waals surface area contributed by atoms with E-state index >= 15 is 0 Å². The molecule has 0 saturated heterocycles. The van der Waals surface area contributed by atoms with Crippen LogP contribution in [0.5, 0.6) is 0 Å². The fourth-order valence-electron chi connectivity index (χ4n) is 3.40. The third-order valence-corrected chi connectivity index (χ3v) is 4.58. The first-order chi connectivity index (χ1) is 12.2. The highest BCUT2D eigenvalue weighted by Gasteiger charge is 2.30. The van der Waals surface area contributed by atoms with E-state index < -0.39 is 11.7 Å². The average molecular weight is 356 g/mol. The van der Waals surface area contributed by atoms with Gasteiger partial charge in [-0.15, -0.1) is 0 Å². The van der Waals surface area contributed by atoms with Gasteiger partial charge in [0.1, 0.15) is 0 Å². The van der Waals surface area contributed by atoms with Crippen molar-refractivity contribution in [2.75, 3.05) is 0 Å². The van der Waals surface area contributed by atoms with E-state index in [4.69, 9.17) is 0 Å². The van der Waals surface area contributed by atoms with Gasteiger partial charge in [0.05, 0.1) is 5.56 Å². The molecule has 0 spiro atoms. The Hall–Kier alpha value is -2.62. The first kappa shape index (κ1) is 18.2. The van der Waals surface area contributed by atoms with Crippen LogP contribution in [0.4, 0.5) is 13.2 Å². The summed E-state index contributed by atoms with van der Waals surface area (Å²) in [5.41, 5.74) is 6.73. The molecule has 134 valence electrons. The minimum atomic E-state index is -4.32. The van der Waals surface area contributed by atoms with Crippen molar-refractivity contribution in [3.63, 3.8) is 0 Å². The van der Waals surface area contributed by atoms with Gasteiger partial charge in [0.15, 0.2) is 11.4 Å². The Morgan fingerprint density at radius 3 is 1.81 bits per heavy atom. The molecule has 0 amide bonds. The van der Waals surface area contributed by atoms with Gasteiger partial charge in [-0.1, -0.05) is 23.8 Å². The van der Waals surface area contributed by atoms with E-state index in [9.17, 15) is 13.2 Å². The molecule has 0 N–H and O–H groups in total. The van der Waals surface area contributed by atoms with Crippen molar-refractivity contribution in [1.29, 1.82) is 0 Å². The fraction of sp³-hybridized carbons (Fsp3) is 0.227. The first-order valence-corrected chi connectivity index (χ1v) is 8.45. The molecule has 2 aromatic carbocycles. The normalized spacial score (nSPS) is 11.7. The topological polar surface area (TPSA) is 3.88 Å². The second kappa shape index (κ2) is 6.60. The third kappa shape index (κ3) is 3.50. The molecule has 0 bridgehead atoms. The second-order valence-electron chi connectivity index (χ2n) is 6.73. The van der Waals surface area contributed by atoms with E-state index in [-0.39, 0.29) is 0 Å². The zero-order valence-electron chi connectivity index (χ0n) is 15.3. The molecule has 0 unspecified atom stereocenters. The summed E-state index contributed by atoms with van der Waals surface area (Å²) in [6.45, 7) is 8.09. The van der Waals surface area contributed by atoms with Crippen molar-refractivity contribution in [3.05, 3.63) is 82.7 Å². The van der Waals surface area contributed by atoms with Crippen LogP contribution >= 0.6 is 0 Å². The zero-order chi connectivity index (χ0) is 19.1. The van der Waals surface area contributed by atoms with E-state index in [1.807, 2.05) is 18.4 Å². The molecule has 3 rings (SSSR count). The monoisotopic (exact) mass is 356 g/mol. The van der Waals surface area contributed by atoms with Gasteiger partial charge in [-0.2, -0.15) is 17.7 Å². The minimum absolute atomic E-state index is 0.635.